The van der Waals surface area contributed by atoms with Crippen LogP contribution in [0, 0.1) is 0 Å². The Balaban J connectivity index is 2.04. The van der Waals surface area contributed by atoms with Gasteiger partial charge in [-0.2, -0.15) is 22.0 Å². The van der Waals surface area contributed by atoms with E-state index in [1.165, 1.54) is 12.1 Å². The van der Waals surface area contributed by atoms with Gasteiger partial charge in [0.1, 0.15) is 5.75 Å². The first-order chi connectivity index (χ1) is 11.3. The van der Waals surface area contributed by atoms with E-state index in [9.17, 15) is 26.7 Å². The summed E-state index contributed by atoms with van der Waals surface area (Å²) >= 11 is 0. The summed E-state index contributed by atoms with van der Waals surface area (Å²) in [5.41, 5.74) is -1.47. The Morgan fingerprint density at radius 2 is 1.96 bits per heavy atom. The molecule has 0 aliphatic heterocycles. The summed E-state index contributed by atoms with van der Waals surface area (Å²) in [7, 11) is 0. The molecule has 2 aromatic heterocycles. The molecule has 5 nitrogen and oxygen atoms in total. The molecule has 0 fully saturated rings. The second-order valence-electron chi connectivity index (χ2n) is 4.47. The van der Waals surface area contributed by atoms with E-state index in [4.69, 9.17) is 0 Å². The number of amides is 1. The van der Waals surface area contributed by atoms with Gasteiger partial charge in [-0.1, -0.05) is 0 Å². The first-order valence-corrected chi connectivity index (χ1v) is 6.46. The highest BCUT2D eigenvalue weighted by Crippen LogP contribution is 2.31. The van der Waals surface area contributed by atoms with Crippen molar-refractivity contribution in [3.05, 3.63) is 53.6 Å². The minimum absolute atomic E-state index is 0.173. The molecule has 128 valence electrons. The minimum Gasteiger partial charge on any atom is -0.433 e. The zero-order chi connectivity index (χ0) is 17.7. The SMILES string of the molecule is O=C(NCc1ccc(OC(F)F)cn1)c1ccncc1C(F)(F)F. The first-order valence-electron chi connectivity index (χ1n) is 6.46. The second kappa shape index (κ2) is 7.20. The lowest BCUT2D eigenvalue weighted by atomic mass is 10.1. The van der Waals surface area contributed by atoms with E-state index >= 15 is 0 Å². The van der Waals surface area contributed by atoms with E-state index in [1.54, 1.807) is 0 Å². The van der Waals surface area contributed by atoms with Crippen molar-refractivity contribution in [3.63, 3.8) is 0 Å². The monoisotopic (exact) mass is 347 g/mol. The van der Waals surface area contributed by atoms with Gasteiger partial charge in [-0.15, -0.1) is 0 Å². The summed E-state index contributed by atoms with van der Waals surface area (Å²) < 4.78 is 66.5. The van der Waals surface area contributed by atoms with Crippen molar-refractivity contribution >= 4 is 5.91 Å². The number of carbonyl (C=O) groups excluding carboxylic acids is 1. The highest BCUT2D eigenvalue weighted by Gasteiger charge is 2.35. The Labute approximate surface area is 132 Å². The van der Waals surface area contributed by atoms with Crippen LogP contribution in [0.25, 0.3) is 0 Å². The molecule has 0 bridgehead atoms. The van der Waals surface area contributed by atoms with Crippen LogP contribution in [0.1, 0.15) is 21.6 Å². The van der Waals surface area contributed by atoms with Gasteiger partial charge in [0, 0.05) is 12.4 Å². The summed E-state index contributed by atoms with van der Waals surface area (Å²) in [6.07, 6.45) is -2.07. The fourth-order valence-electron chi connectivity index (χ4n) is 1.77. The van der Waals surface area contributed by atoms with Gasteiger partial charge in [0.2, 0.25) is 0 Å². The van der Waals surface area contributed by atoms with Gasteiger partial charge in [-0.3, -0.25) is 14.8 Å². The van der Waals surface area contributed by atoms with Crippen LogP contribution in [0.3, 0.4) is 0 Å². The molecule has 1 N–H and O–H groups in total. The highest BCUT2D eigenvalue weighted by molar-refractivity contribution is 5.95. The summed E-state index contributed by atoms with van der Waals surface area (Å²) in [6, 6.07) is 3.45. The molecule has 2 aromatic rings. The van der Waals surface area contributed by atoms with Crippen molar-refractivity contribution in [1.82, 2.24) is 15.3 Å². The van der Waals surface area contributed by atoms with Crippen LogP contribution in [-0.4, -0.2) is 22.5 Å². The minimum atomic E-state index is -4.71. The predicted molar refractivity (Wildman–Crippen MR) is 71.3 cm³/mol. The Morgan fingerprint density at radius 1 is 1.21 bits per heavy atom. The van der Waals surface area contributed by atoms with Crippen LogP contribution >= 0.6 is 0 Å². The molecule has 0 radical (unpaired) electrons. The Morgan fingerprint density at radius 3 is 2.54 bits per heavy atom. The van der Waals surface area contributed by atoms with E-state index in [0.29, 0.717) is 6.20 Å². The number of aromatic nitrogens is 2. The lowest BCUT2D eigenvalue weighted by Gasteiger charge is -2.12. The molecule has 0 aliphatic rings. The molecule has 0 saturated carbocycles. The third-order valence-corrected chi connectivity index (χ3v) is 2.82. The van der Waals surface area contributed by atoms with Gasteiger partial charge in [-0.25, -0.2) is 0 Å². The Hall–Kier alpha value is -2.78. The van der Waals surface area contributed by atoms with Gasteiger partial charge in [-0.05, 0) is 18.2 Å². The number of halogens is 5. The van der Waals surface area contributed by atoms with Crippen LogP contribution in [0.15, 0.2) is 36.8 Å². The number of nitrogens with one attached hydrogen (secondary N) is 1. The number of pyridine rings is 2. The van der Waals surface area contributed by atoms with Crippen molar-refractivity contribution in [2.75, 3.05) is 0 Å². The van der Waals surface area contributed by atoms with Crippen molar-refractivity contribution in [2.45, 2.75) is 19.3 Å². The highest BCUT2D eigenvalue weighted by atomic mass is 19.4. The Kier molecular flexibility index (Phi) is 5.27. The van der Waals surface area contributed by atoms with Crippen molar-refractivity contribution in [3.8, 4) is 5.75 Å². The Bertz CT molecular complexity index is 704. The molecule has 1 amide bonds. The lowest BCUT2D eigenvalue weighted by molar-refractivity contribution is -0.138. The summed E-state index contributed by atoms with van der Waals surface area (Å²) in [5, 5.41) is 2.27. The fourth-order valence-corrected chi connectivity index (χ4v) is 1.77. The topological polar surface area (TPSA) is 64.1 Å². The van der Waals surface area contributed by atoms with Gasteiger partial charge in [0.25, 0.3) is 5.91 Å². The van der Waals surface area contributed by atoms with E-state index < -0.39 is 29.8 Å². The molecule has 0 aromatic carbocycles. The standard InChI is InChI=1S/C14H10F5N3O2/c15-13(16)24-9-2-1-8(21-6-9)5-22-12(23)10-3-4-20-7-11(10)14(17,18)19/h1-4,6-7,13H,5H2,(H,22,23). The molecule has 0 spiro atoms. The van der Waals surface area contributed by atoms with Crippen LogP contribution < -0.4 is 10.1 Å². The molecular formula is C14H10F5N3O2. The van der Waals surface area contributed by atoms with Crippen molar-refractivity contribution < 1.29 is 31.5 Å². The zero-order valence-corrected chi connectivity index (χ0v) is 11.8. The molecule has 24 heavy (non-hydrogen) atoms. The number of ether oxygens (including phenoxy) is 1. The van der Waals surface area contributed by atoms with Gasteiger partial charge < -0.3 is 10.1 Å². The summed E-state index contributed by atoms with van der Waals surface area (Å²) in [6.45, 7) is -3.18. The molecule has 2 rings (SSSR count). The fraction of sp³-hybridized carbons (Fsp3) is 0.214. The molecule has 0 saturated heterocycles. The molecule has 0 atom stereocenters. The summed E-state index contributed by atoms with van der Waals surface area (Å²) in [5.74, 6) is -1.13. The average Bonchev–Trinajstić information content (AvgIpc) is 2.52. The van der Waals surface area contributed by atoms with Crippen LogP contribution in [-0.2, 0) is 12.7 Å². The lowest BCUT2D eigenvalue weighted by Crippen LogP contribution is -2.26. The van der Waals surface area contributed by atoms with Gasteiger partial charge >= 0.3 is 12.8 Å². The maximum atomic E-state index is 12.8. The normalized spacial score (nSPS) is 11.4. The first kappa shape index (κ1) is 17.6. The van der Waals surface area contributed by atoms with E-state index in [2.05, 4.69) is 20.0 Å². The number of hydrogen-bond donors (Lipinski definition) is 1. The number of alkyl halides is 5. The number of carbonyl (C=O) groups is 1. The average molecular weight is 347 g/mol. The smallest absolute Gasteiger partial charge is 0.418 e. The van der Waals surface area contributed by atoms with Crippen LogP contribution in [0.5, 0.6) is 5.75 Å². The maximum absolute atomic E-state index is 12.8. The van der Waals surface area contributed by atoms with E-state index in [-0.39, 0.29) is 18.0 Å². The molecule has 10 heteroatoms. The predicted octanol–water partition coefficient (Wildman–Crippen LogP) is 3.03. The third kappa shape index (κ3) is 4.61. The quantitative estimate of drug-likeness (QED) is 0.845. The molecule has 0 aliphatic carbocycles. The van der Waals surface area contributed by atoms with E-state index in [1.807, 2.05) is 0 Å². The second-order valence-corrected chi connectivity index (χ2v) is 4.47. The largest absolute Gasteiger partial charge is 0.433 e. The maximum Gasteiger partial charge on any atom is 0.418 e. The van der Waals surface area contributed by atoms with Crippen LogP contribution in [0.2, 0.25) is 0 Å². The van der Waals surface area contributed by atoms with Crippen molar-refractivity contribution in [1.29, 1.82) is 0 Å². The number of hydrogen-bond acceptors (Lipinski definition) is 4. The number of rotatable bonds is 5. The summed E-state index contributed by atoms with van der Waals surface area (Å²) in [4.78, 5) is 19.0. The zero-order valence-electron chi connectivity index (χ0n) is 11.8. The van der Waals surface area contributed by atoms with Crippen molar-refractivity contribution in [2.24, 2.45) is 0 Å². The van der Waals surface area contributed by atoms with E-state index in [0.717, 1.165) is 18.5 Å². The number of nitrogens with zero attached hydrogens (tertiary/aromatic N) is 2. The third-order valence-electron chi connectivity index (χ3n) is 2.82. The molecule has 0 unspecified atom stereocenters. The van der Waals surface area contributed by atoms with Gasteiger partial charge in [0.05, 0.1) is 29.6 Å². The molecule has 2 heterocycles. The molecular weight excluding hydrogens is 337 g/mol. The van der Waals surface area contributed by atoms with Gasteiger partial charge in [0.15, 0.2) is 0 Å². The van der Waals surface area contributed by atoms with Crippen LogP contribution in [0.4, 0.5) is 22.0 Å².